The number of benzene rings is 11. The van der Waals surface area contributed by atoms with Crippen LogP contribution in [0.25, 0.3) is 150 Å². The van der Waals surface area contributed by atoms with Crippen molar-refractivity contribution >= 4 is 65.7 Å². The average molecular weight is 959 g/mol. The second kappa shape index (κ2) is 17.3. The van der Waals surface area contributed by atoms with Crippen LogP contribution in [0.2, 0.25) is 0 Å². The molecule has 0 unspecified atom stereocenters. The van der Waals surface area contributed by atoms with Gasteiger partial charge in [0.05, 0.1) is 16.7 Å². The monoisotopic (exact) mass is 958 g/mol. The SMILES string of the molecule is c1ccc(-c2ccc3c(c2)c2ccccc2n3-c2cc3oc4ccccc4c3cc2-c2cccc(-c3ccc4oc5cccc(-c6cccc(-c7nc(-c8ccccc8)nc(-c8ccccc8)n7)c6)c5c4c3)c2)cc1. The Bertz CT molecular complexity index is 4650. The minimum Gasteiger partial charge on any atom is -0.456 e. The highest BCUT2D eigenvalue weighted by Gasteiger charge is 2.21. The molecule has 0 atom stereocenters. The minimum atomic E-state index is 0.606. The van der Waals surface area contributed by atoms with E-state index in [1.165, 1.54) is 21.9 Å². The Morgan fingerprint density at radius 2 is 0.747 bits per heavy atom. The summed E-state index contributed by atoms with van der Waals surface area (Å²) >= 11 is 0. The van der Waals surface area contributed by atoms with E-state index in [0.29, 0.717) is 17.5 Å². The Kier molecular flexibility index (Phi) is 9.78. The van der Waals surface area contributed by atoms with Crippen molar-refractivity contribution in [2.75, 3.05) is 0 Å². The molecule has 0 aliphatic carbocycles. The number of furan rings is 2. The summed E-state index contributed by atoms with van der Waals surface area (Å²) in [5.41, 5.74) is 18.3. The van der Waals surface area contributed by atoms with Gasteiger partial charge in [0.2, 0.25) is 0 Å². The summed E-state index contributed by atoms with van der Waals surface area (Å²) in [5.74, 6) is 1.86. The fourth-order valence-electron chi connectivity index (χ4n) is 11.1. The Morgan fingerprint density at radius 3 is 1.51 bits per heavy atom. The highest BCUT2D eigenvalue weighted by Crippen LogP contribution is 2.44. The summed E-state index contributed by atoms with van der Waals surface area (Å²) in [4.78, 5) is 15.0. The molecule has 0 saturated carbocycles. The minimum absolute atomic E-state index is 0.606. The van der Waals surface area contributed by atoms with Crippen molar-refractivity contribution in [3.63, 3.8) is 0 Å². The van der Waals surface area contributed by atoms with E-state index in [-0.39, 0.29) is 0 Å². The summed E-state index contributed by atoms with van der Waals surface area (Å²) in [6.07, 6.45) is 0. The van der Waals surface area contributed by atoms with Crippen molar-refractivity contribution in [3.8, 4) is 84.4 Å². The maximum absolute atomic E-state index is 6.63. The van der Waals surface area contributed by atoms with E-state index in [9.17, 15) is 0 Å². The molecule has 6 nitrogen and oxygen atoms in total. The molecule has 350 valence electrons. The molecule has 0 spiro atoms. The van der Waals surface area contributed by atoms with Crippen LogP contribution in [0.5, 0.6) is 0 Å². The number of aromatic nitrogens is 4. The molecule has 4 aromatic heterocycles. The molecule has 0 saturated heterocycles. The van der Waals surface area contributed by atoms with Gasteiger partial charge in [0, 0.05) is 60.6 Å². The van der Waals surface area contributed by atoms with E-state index in [2.05, 4.69) is 193 Å². The molecule has 0 N–H and O–H groups in total. The van der Waals surface area contributed by atoms with Gasteiger partial charge in [0.15, 0.2) is 17.5 Å². The van der Waals surface area contributed by atoms with Crippen LogP contribution in [0.3, 0.4) is 0 Å². The Hall–Kier alpha value is -10.2. The summed E-state index contributed by atoms with van der Waals surface area (Å²) in [5, 5.41) is 6.65. The smallest absolute Gasteiger partial charge is 0.164 e. The van der Waals surface area contributed by atoms with E-state index in [1.54, 1.807) is 0 Å². The van der Waals surface area contributed by atoms with Crippen LogP contribution < -0.4 is 0 Å². The molecule has 4 heterocycles. The van der Waals surface area contributed by atoms with Crippen LogP contribution in [-0.4, -0.2) is 19.5 Å². The van der Waals surface area contributed by atoms with E-state index in [4.69, 9.17) is 23.8 Å². The van der Waals surface area contributed by atoms with E-state index in [0.717, 1.165) is 111 Å². The summed E-state index contributed by atoms with van der Waals surface area (Å²) in [7, 11) is 0. The molecule has 0 aliphatic rings. The maximum Gasteiger partial charge on any atom is 0.164 e. The molecule has 75 heavy (non-hydrogen) atoms. The third kappa shape index (κ3) is 7.22. The normalized spacial score (nSPS) is 11.7. The zero-order chi connectivity index (χ0) is 49.4. The van der Waals surface area contributed by atoms with Crippen LogP contribution in [0.1, 0.15) is 0 Å². The standard InChI is InChI=1S/C69H42N4O2/c1-4-17-43(18-5-1)47-33-35-60-56(39-47)53-27-10-12-30-59(53)73(60)61-42-65-57(54-28-11-13-31-62(54)75-65)41-55(61)50-25-14-23-46(37-50)48-34-36-63-58(40-48)66-52(29-16-32-64(66)74-63)49-24-15-26-51(38-49)69-71-67(44-19-6-2-7-20-44)70-68(72-69)45-21-8-3-9-22-45/h1-42H. The highest BCUT2D eigenvalue weighted by atomic mass is 16.3. The van der Waals surface area contributed by atoms with Crippen LogP contribution >= 0.6 is 0 Å². The number of hydrogen-bond acceptors (Lipinski definition) is 5. The van der Waals surface area contributed by atoms with E-state index in [1.807, 2.05) is 66.7 Å². The number of hydrogen-bond donors (Lipinski definition) is 0. The van der Waals surface area contributed by atoms with Crippen LogP contribution in [-0.2, 0) is 0 Å². The fourth-order valence-corrected chi connectivity index (χ4v) is 11.1. The van der Waals surface area contributed by atoms with Gasteiger partial charge in [-0.1, -0.05) is 188 Å². The number of nitrogens with zero attached hydrogens (tertiary/aromatic N) is 4. The molecule has 11 aromatic carbocycles. The van der Waals surface area contributed by atoms with Gasteiger partial charge >= 0.3 is 0 Å². The van der Waals surface area contributed by atoms with Gasteiger partial charge in [0.25, 0.3) is 0 Å². The molecule has 0 bridgehead atoms. The highest BCUT2D eigenvalue weighted by molar-refractivity contribution is 6.15. The number of para-hydroxylation sites is 2. The van der Waals surface area contributed by atoms with Gasteiger partial charge < -0.3 is 13.4 Å². The second-order valence-electron chi connectivity index (χ2n) is 19.1. The van der Waals surface area contributed by atoms with Crippen molar-refractivity contribution in [2.24, 2.45) is 0 Å². The van der Waals surface area contributed by atoms with Gasteiger partial charge in [0.1, 0.15) is 22.3 Å². The van der Waals surface area contributed by atoms with Gasteiger partial charge in [-0.3, -0.25) is 0 Å². The second-order valence-corrected chi connectivity index (χ2v) is 19.1. The molecule has 0 radical (unpaired) electrons. The average Bonchev–Trinajstić information content (AvgIpc) is 4.20. The summed E-state index contributed by atoms with van der Waals surface area (Å²) in [6, 6.07) is 89.5. The predicted molar refractivity (Wildman–Crippen MR) is 307 cm³/mol. The van der Waals surface area contributed by atoms with Crippen molar-refractivity contribution < 1.29 is 8.83 Å². The lowest BCUT2D eigenvalue weighted by molar-refractivity contribution is 0.668. The Morgan fingerprint density at radius 1 is 0.253 bits per heavy atom. The summed E-state index contributed by atoms with van der Waals surface area (Å²) < 4.78 is 15.7. The number of fused-ring (bicyclic) bond motifs is 9. The quantitative estimate of drug-likeness (QED) is 0.152. The van der Waals surface area contributed by atoms with Crippen LogP contribution in [0, 0.1) is 0 Å². The molecule has 0 fully saturated rings. The first-order valence-corrected chi connectivity index (χ1v) is 25.2. The lowest BCUT2D eigenvalue weighted by atomic mass is 9.94. The van der Waals surface area contributed by atoms with Crippen molar-refractivity contribution in [2.45, 2.75) is 0 Å². The van der Waals surface area contributed by atoms with Crippen molar-refractivity contribution in [1.29, 1.82) is 0 Å². The molecule has 6 heteroatoms. The molecule has 0 aliphatic heterocycles. The van der Waals surface area contributed by atoms with Crippen LogP contribution in [0.4, 0.5) is 0 Å². The van der Waals surface area contributed by atoms with Crippen molar-refractivity contribution in [3.05, 3.63) is 255 Å². The molecule has 15 aromatic rings. The first kappa shape index (κ1) is 42.5. The molecular weight excluding hydrogens is 917 g/mol. The first-order valence-electron chi connectivity index (χ1n) is 25.2. The largest absolute Gasteiger partial charge is 0.456 e. The maximum atomic E-state index is 6.63. The third-order valence-corrected chi connectivity index (χ3v) is 14.6. The Labute approximate surface area is 431 Å². The van der Waals surface area contributed by atoms with Gasteiger partial charge in [-0.25, -0.2) is 15.0 Å². The zero-order valence-electron chi connectivity index (χ0n) is 40.4. The van der Waals surface area contributed by atoms with Gasteiger partial charge in [-0.15, -0.1) is 0 Å². The predicted octanol–water partition coefficient (Wildman–Crippen LogP) is 18.4. The molecular formula is C69H42N4O2. The molecule has 15 rings (SSSR count). The van der Waals surface area contributed by atoms with E-state index >= 15 is 0 Å². The first-order chi connectivity index (χ1) is 37.1. The summed E-state index contributed by atoms with van der Waals surface area (Å²) in [6.45, 7) is 0. The van der Waals surface area contributed by atoms with Crippen LogP contribution in [0.15, 0.2) is 264 Å². The Balaban J connectivity index is 0.869. The fraction of sp³-hybridized carbons (Fsp3) is 0. The van der Waals surface area contributed by atoms with E-state index < -0.39 is 0 Å². The third-order valence-electron chi connectivity index (χ3n) is 14.6. The van der Waals surface area contributed by atoms with Gasteiger partial charge in [-0.05, 0) is 99.6 Å². The number of rotatable bonds is 8. The molecule has 0 amide bonds. The van der Waals surface area contributed by atoms with Gasteiger partial charge in [-0.2, -0.15) is 0 Å². The lowest BCUT2D eigenvalue weighted by Gasteiger charge is -2.16. The topological polar surface area (TPSA) is 69.9 Å². The lowest BCUT2D eigenvalue weighted by Crippen LogP contribution is -2.00. The van der Waals surface area contributed by atoms with Crippen molar-refractivity contribution in [1.82, 2.24) is 19.5 Å². The zero-order valence-corrected chi connectivity index (χ0v) is 40.4.